The largest absolute Gasteiger partial charge is 0.297 e. The summed E-state index contributed by atoms with van der Waals surface area (Å²) in [6.07, 6.45) is 5.35. The van der Waals surface area contributed by atoms with Gasteiger partial charge in [0, 0.05) is 11.3 Å². The zero-order chi connectivity index (χ0) is 12.6. The molecule has 0 bridgehead atoms. The van der Waals surface area contributed by atoms with Crippen molar-refractivity contribution in [3.8, 4) is 6.07 Å². The van der Waals surface area contributed by atoms with Gasteiger partial charge in [-0.15, -0.1) is 5.10 Å². The van der Waals surface area contributed by atoms with Gasteiger partial charge in [0.25, 0.3) is 0 Å². The van der Waals surface area contributed by atoms with Gasteiger partial charge in [0.1, 0.15) is 11.4 Å². The zero-order valence-electron chi connectivity index (χ0n) is 10.4. The van der Waals surface area contributed by atoms with Crippen LogP contribution in [0.15, 0.2) is 5.16 Å². The fraction of sp³-hybridized carbons (Fsp3) is 0.750. The van der Waals surface area contributed by atoms with Crippen molar-refractivity contribution in [3.63, 3.8) is 0 Å². The highest BCUT2D eigenvalue weighted by molar-refractivity contribution is 7.99. The number of rotatable bonds is 4. The topological polar surface area (TPSA) is 77.4 Å². The summed E-state index contributed by atoms with van der Waals surface area (Å²) >= 11 is 1.69. The lowest BCUT2D eigenvalue weighted by Gasteiger charge is -2.22. The number of H-pyrrole nitrogens is 1. The predicted molar refractivity (Wildman–Crippen MR) is 69.1 cm³/mol. The number of aryl methyl sites for hydroxylation is 1. The van der Waals surface area contributed by atoms with Gasteiger partial charge in [-0.1, -0.05) is 11.8 Å². The number of hydrogen-bond donors (Lipinski definition) is 2. The minimum absolute atomic E-state index is 0.301. The Morgan fingerprint density at radius 2 is 2.33 bits per heavy atom. The summed E-state index contributed by atoms with van der Waals surface area (Å²) in [7, 11) is 0. The van der Waals surface area contributed by atoms with Crippen molar-refractivity contribution in [2.45, 2.75) is 61.0 Å². The fourth-order valence-corrected chi connectivity index (χ4v) is 3.70. The molecule has 2 fully saturated rings. The van der Waals surface area contributed by atoms with Crippen molar-refractivity contribution in [3.05, 3.63) is 5.82 Å². The maximum absolute atomic E-state index is 9.42. The highest BCUT2D eigenvalue weighted by atomic mass is 32.2. The van der Waals surface area contributed by atoms with Crippen LogP contribution in [0.5, 0.6) is 0 Å². The van der Waals surface area contributed by atoms with Gasteiger partial charge in [0.2, 0.25) is 5.16 Å². The van der Waals surface area contributed by atoms with E-state index in [-0.39, 0.29) is 5.54 Å². The van der Waals surface area contributed by atoms with Crippen LogP contribution in [-0.2, 0) is 0 Å². The average Bonchev–Trinajstić information content (AvgIpc) is 2.93. The van der Waals surface area contributed by atoms with E-state index in [4.69, 9.17) is 0 Å². The van der Waals surface area contributed by atoms with E-state index in [9.17, 15) is 5.26 Å². The van der Waals surface area contributed by atoms with Crippen molar-refractivity contribution in [1.82, 2.24) is 20.5 Å². The van der Waals surface area contributed by atoms with Gasteiger partial charge >= 0.3 is 0 Å². The number of nitriles is 1. The maximum Gasteiger partial charge on any atom is 0.208 e. The van der Waals surface area contributed by atoms with Gasteiger partial charge in [-0.2, -0.15) is 5.26 Å². The van der Waals surface area contributed by atoms with Gasteiger partial charge in [0.05, 0.1) is 6.07 Å². The van der Waals surface area contributed by atoms with Gasteiger partial charge in [-0.3, -0.25) is 10.4 Å². The van der Waals surface area contributed by atoms with Crippen molar-refractivity contribution in [1.29, 1.82) is 5.26 Å². The summed E-state index contributed by atoms with van der Waals surface area (Å²) in [4.78, 5) is 4.31. The number of aromatic amines is 1. The lowest BCUT2D eigenvalue weighted by atomic mass is 10.00. The Morgan fingerprint density at radius 3 is 2.94 bits per heavy atom. The molecule has 0 saturated heterocycles. The van der Waals surface area contributed by atoms with E-state index in [0.717, 1.165) is 30.2 Å². The monoisotopic (exact) mass is 263 g/mol. The minimum atomic E-state index is -0.301. The second kappa shape index (κ2) is 4.56. The number of aromatic nitrogens is 3. The lowest BCUT2D eigenvalue weighted by Crippen LogP contribution is -2.43. The molecular formula is C12H17N5S. The quantitative estimate of drug-likeness (QED) is 0.865. The Kier molecular flexibility index (Phi) is 3.04. The van der Waals surface area contributed by atoms with Crippen molar-refractivity contribution < 1.29 is 0 Å². The third kappa shape index (κ3) is 2.52. The molecular weight excluding hydrogens is 246 g/mol. The molecule has 2 atom stereocenters. The summed E-state index contributed by atoms with van der Waals surface area (Å²) in [5, 5.41) is 21.2. The van der Waals surface area contributed by atoms with Crippen LogP contribution in [-0.4, -0.2) is 32.0 Å². The van der Waals surface area contributed by atoms with Crippen LogP contribution in [0.4, 0.5) is 0 Å². The highest BCUT2D eigenvalue weighted by Crippen LogP contribution is 2.40. The Balaban J connectivity index is 1.61. The third-order valence-electron chi connectivity index (χ3n) is 3.59. The van der Waals surface area contributed by atoms with Crippen LogP contribution in [0.25, 0.3) is 0 Å². The molecule has 2 unspecified atom stereocenters. The molecule has 18 heavy (non-hydrogen) atoms. The molecule has 96 valence electrons. The van der Waals surface area contributed by atoms with E-state index in [1.54, 1.807) is 11.8 Å². The lowest BCUT2D eigenvalue weighted by molar-refractivity contribution is 0.420. The molecule has 2 aliphatic carbocycles. The van der Waals surface area contributed by atoms with Crippen LogP contribution >= 0.6 is 11.8 Å². The molecule has 0 radical (unpaired) electrons. The number of nitrogens with zero attached hydrogens (tertiary/aromatic N) is 3. The Labute approximate surface area is 111 Å². The maximum atomic E-state index is 9.42. The first-order chi connectivity index (χ1) is 8.69. The van der Waals surface area contributed by atoms with E-state index in [0.29, 0.717) is 11.3 Å². The molecule has 0 amide bonds. The first-order valence-electron chi connectivity index (χ1n) is 6.44. The molecule has 1 aromatic rings. The van der Waals surface area contributed by atoms with Gasteiger partial charge < -0.3 is 0 Å². The summed E-state index contributed by atoms with van der Waals surface area (Å²) in [5.74, 6) is 0.846. The van der Waals surface area contributed by atoms with E-state index in [1.165, 1.54) is 12.8 Å². The number of nitrogens with one attached hydrogen (secondary N) is 2. The Morgan fingerprint density at radius 1 is 1.50 bits per heavy atom. The molecule has 2 aliphatic rings. The van der Waals surface area contributed by atoms with Crippen LogP contribution in [0.1, 0.15) is 37.9 Å². The molecule has 2 saturated carbocycles. The van der Waals surface area contributed by atoms with Gasteiger partial charge in [-0.05, 0) is 39.0 Å². The van der Waals surface area contributed by atoms with Crippen LogP contribution in [0.2, 0.25) is 0 Å². The Bertz CT molecular complexity index is 475. The second-order valence-corrected chi connectivity index (χ2v) is 6.57. The normalized spacial score (nSPS) is 31.4. The first-order valence-corrected chi connectivity index (χ1v) is 7.32. The van der Waals surface area contributed by atoms with Gasteiger partial charge in [0.15, 0.2) is 0 Å². The standard InChI is InChI=1S/C12H17N5S/c1-8-14-11(17-16-8)18-10-4-5-12(6-10,7-13)15-9-2-3-9/h9-10,15H,2-6H2,1H3,(H,14,16,17). The van der Waals surface area contributed by atoms with E-state index in [1.807, 2.05) is 6.92 Å². The smallest absolute Gasteiger partial charge is 0.208 e. The third-order valence-corrected chi connectivity index (χ3v) is 4.72. The molecule has 6 heteroatoms. The molecule has 1 aromatic heterocycles. The molecule has 3 rings (SSSR count). The first kappa shape index (κ1) is 12.0. The van der Waals surface area contributed by atoms with Crippen LogP contribution < -0.4 is 5.32 Å². The molecule has 0 spiro atoms. The molecule has 1 heterocycles. The molecule has 0 aliphatic heterocycles. The summed E-state index contributed by atoms with van der Waals surface area (Å²) in [5.41, 5.74) is -0.301. The van der Waals surface area contributed by atoms with E-state index in [2.05, 4.69) is 26.6 Å². The van der Waals surface area contributed by atoms with Crippen LogP contribution in [0, 0.1) is 18.3 Å². The zero-order valence-corrected chi connectivity index (χ0v) is 11.3. The predicted octanol–water partition coefficient (Wildman–Crippen LogP) is 1.77. The van der Waals surface area contributed by atoms with Crippen molar-refractivity contribution in [2.75, 3.05) is 0 Å². The molecule has 5 nitrogen and oxygen atoms in total. The van der Waals surface area contributed by atoms with E-state index >= 15 is 0 Å². The van der Waals surface area contributed by atoms with Crippen LogP contribution in [0.3, 0.4) is 0 Å². The number of hydrogen-bond acceptors (Lipinski definition) is 5. The summed E-state index contributed by atoms with van der Waals surface area (Å²) < 4.78 is 0. The average molecular weight is 263 g/mol. The second-order valence-electron chi connectivity index (χ2n) is 5.30. The number of thioether (sulfide) groups is 1. The van der Waals surface area contributed by atoms with Crippen molar-refractivity contribution in [2.24, 2.45) is 0 Å². The molecule has 2 N–H and O–H groups in total. The van der Waals surface area contributed by atoms with Crippen molar-refractivity contribution >= 4 is 11.8 Å². The summed E-state index contributed by atoms with van der Waals surface area (Å²) in [6, 6.07) is 3.08. The SMILES string of the molecule is Cc1nc(SC2CCC(C#N)(NC3CC3)C2)n[nH]1. The fourth-order valence-electron chi connectivity index (χ4n) is 2.51. The summed E-state index contributed by atoms with van der Waals surface area (Å²) in [6.45, 7) is 1.90. The highest BCUT2D eigenvalue weighted by Gasteiger charge is 2.43. The minimum Gasteiger partial charge on any atom is -0.297 e. The Hall–Kier alpha value is -1.06. The van der Waals surface area contributed by atoms with E-state index < -0.39 is 0 Å². The van der Waals surface area contributed by atoms with Gasteiger partial charge in [-0.25, -0.2) is 4.98 Å². The molecule has 0 aromatic carbocycles.